The lowest BCUT2D eigenvalue weighted by Crippen LogP contribution is -2.33. The molecule has 1 atom stereocenters. The number of nitrogens with two attached hydrogens (primary N) is 1. The highest BCUT2D eigenvalue weighted by Gasteiger charge is 2.16. The zero-order valence-electron chi connectivity index (χ0n) is 24.0. The number of rotatable bonds is 16. The maximum atomic E-state index is 15.0. The lowest BCUT2D eigenvalue weighted by molar-refractivity contribution is -0.122. The monoisotopic (exact) mass is 516 g/mol. The van der Waals surface area contributed by atoms with Gasteiger partial charge in [0.2, 0.25) is 5.91 Å². The summed E-state index contributed by atoms with van der Waals surface area (Å²) in [5, 5.41) is 9.12. The number of allylic oxidation sites excluding steroid dienone is 3. The predicted molar refractivity (Wildman–Crippen MR) is 155 cm³/mol. The van der Waals surface area contributed by atoms with Crippen LogP contribution in [0.25, 0.3) is 0 Å². The zero-order chi connectivity index (χ0) is 28.0. The van der Waals surface area contributed by atoms with Crippen LogP contribution >= 0.6 is 0 Å². The molecule has 0 radical (unpaired) electrons. The molecule has 0 saturated heterocycles. The Kier molecular flexibility index (Phi) is 14.0. The molecule has 0 spiro atoms. The Hall–Kier alpha value is -2.87. The van der Waals surface area contributed by atoms with Gasteiger partial charge < -0.3 is 26.6 Å². The standard InChI is InChI=1S/C29H49FN6O/c1-9-16-36(17-10-2)27-13-12-23(20-34-27)35-21(4)24(26(31)11-3)18-25(30)22(5)32-14-15-33-28(37)19-29(6,7)8/h12-13,18,20,26,32,35H,4,9-11,14-17,19,31H2,1-3,5-8H3,(H,33,37)/b24-18+,25-22-. The molecule has 0 aliphatic carbocycles. The number of pyridine rings is 1. The van der Waals surface area contributed by atoms with Crippen molar-refractivity contribution in [2.24, 2.45) is 11.1 Å². The van der Waals surface area contributed by atoms with Crippen molar-refractivity contribution < 1.29 is 9.18 Å². The topological polar surface area (TPSA) is 95.3 Å². The molecule has 7 nitrogen and oxygen atoms in total. The van der Waals surface area contributed by atoms with E-state index < -0.39 is 5.83 Å². The molecule has 1 unspecified atom stereocenters. The van der Waals surface area contributed by atoms with E-state index in [1.807, 2.05) is 39.8 Å². The van der Waals surface area contributed by atoms with Crippen LogP contribution in [0.2, 0.25) is 0 Å². The number of hydrogen-bond acceptors (Lipinski definition) is 6. The molecule has 5 N–H and O–H groups in total. The van der Waals surface area contributed by atoms with E-state index in [0.717, 1.165) is 37.4 Å². The lowest BCUT2D eigenvalue weighted by Gasteiger charge is -2.23. The van der Waals surface area contributed by atoms with Gasteiger partial charge in [0.1, 0.15) is 11.6 Å². The minimum absolute atomic E-state index is 0.0131. The van der Waals surface area contributed by atoms with Gasteiger partial charge in [-0.2, -0.15) is 0 Å². The second kappa shape index (κ2) is 16.1. The Balaban J connectivity index is 2.86. The number of halogens is 1. The van der Waals surface area contributed by atoms with Gasteiger partial charge in [0.25, 0.3) is 0 Å². The van der Waals surface area contributed by atoms with E-state index in [9.17, 15) is 4.79 Å². The van der Waals surface area contributed by atoms with E-state index >= 15 is 4.39 Å². The molecular weight excluding hydrogens is 467 g/mol. The quantitative estimate of drug-likeness (QED) is 0.168. The molecule has 0 bridgehead atoms. The predicted octanol–water partition coefficient (Wildman–Crippen LogP) is 5.64. The van der Waals surface area contributed by atoms with Crippen LogP contribution in [0.1, 0.15) is 74.1 Å². The fourth-order valence-corrected chi connectivity index (χ4v) is 3.74. The van der Waals surface area contributed by atoms with Crippen molar-refractivity contribution in [3.05, 3.63) is 53.8 Å². The van der Waals surface area contributed by atoms with Crippen molar-refractivity contribution in [3.63, 3.8) is 0 Å². The molecule has 37 heavy (non-hydrogen) atoms. The van der Waals surface area contributed by atoms with Crippen LogP contribution in [0.15, 0.2) is 53.8 Å². The summed E-state index contributed by atoms with van der Waals surface area (Å²) in [7, 11) is 0. The zero-order valence-corrected chi connectivity index (χ0v) is 24.0. The van der Waals surface area contributed by atoms with E-state index in [0.29, 0.717) is 42.9 Å². The maximum absolute atomic E-state index is 15.0. The minimum Gasteiger partial charge on any atom is -0.384 e. The highest BCUT2D eigenvalue weighted by atomic mass is 19.1. The first-order chi connectivity index (χ1) is 17.4. The van der Waals surface area contributed by atoms with Gasteiger partial charge in [0.15, 0.2) is 0 Å². The number of nitrogens with one attached hydrogen (secondary N) is 3. The third-order valence-electron chi connectivity index (χ3n) is 5.71. The van der Waals surface area contributed by atoms with Crippen LogP contribution in [-0.4, -0.2) is 43.1 Å². The Bertz CT molecular complexity index is 911. The first kappa shape index (κ1) is 32.2. The molecular formula is C29H49FN6O. The van der Waals surface area contributed by atoms with Crippen molar-refractivity contribution in [1.29, 1.82) is 0 Å². The number of amides is 1. The normalized spacial score (nSPS) is 13.5. The van der Waals surface area contributed by atoms with Gasteiger partial charge in [-0.05, 0) is 55.4 Å². The van der Waals surface area contributed by atoms with E-state index in [-0.39, 0.29) is 17.4 Å². The Morgan fingerprint density at radius 2 is 1.78 bits per heavy atom. The summed E-state index contributed by atoms with van der Waals surface area (Å²) in [6, 6.07) is 3.55. The summed E-state index contributed by atoms with van der Waals surface area (Å²) in [5.74, 6) is 0.498. The molecule has 0 aromatic carbocycles. The summed E-state index contributed by atoms with van der Waals surface area (Å²) in [6.07, 6.45) is 6.38. The molecule has 208 valence electrons. The number of carbonyl (C=O) groups excluding carboxylic acids is 1. The summed E-state index contributed by atoms with van der Waals surface area (Å²) >= 11 is 0. The average Bonchev–Trinajstić information content (AvgIpc) is 2.83. The number of carbonyl (C=O) groups is 1. The highest BCUT2D eigenvalue weighted by molar-refractivity contribution is 5.76. The number of hydrogen-bond donors (Lipinski definition) is 4. The van der Waals surface area contributed by atoms with Gasteiger partial charge in [-0.1, -0.05) is 48.1 Å². The van der Waals surface area contributed by atoms with E-state index in [1.165, 1.54) is 6.08 Å². The van der Waals surface area contributed by atoms with Crippen molar-refractivity contribution in [2.75, 3.05) is 36.4 Å². The Morgan fingerprint density at radius 3 is 2.30 bits per heavy atom. The third kappa shape index (κ3) is 12.3. The van der Waals surface area contributed by atoms with Gasteiger partial charge in [-0.15, -0.1) is 0 Å². The van der Waals surface area contributed by atoms with Crippen LogP contribution < -0.4 is 26.6 Å². The molecule has 0 aliphatic rings. The molecule has 1 amide bonds. The fourth-order valence-electron chi connectivity index (χ4n) is 3.74. The largest absolute Gasteiger partial charge is 0.384 e. The first-order valence-corrected chi connectivity index (χ1v) is 13.4. The van der Waals surface area contributed by atoms with Crippen molar-refractivity contribution in [1.82, 2.24) is 15.6 Å². The molecule has 1 heterocycles. The second-order valence-electron chi connectivity index (χ2n) is 10.6. The molecule has 1 aromatic rings. The van der Waals surface area contributed by atoms with Crippen LogP contribution in [0.3, 0.4) is 0 Å². The van der Waals surface area contributed by atoms with Gasteiger partial charge in [0, 0.05) is 50.0 Å². The average molecular weight is 517 g/mol. The van der Waals surface area contributed by atoms with Crippen LogP contribution in [0.5, 0.6) is 0 Å². The van der Waals surface area contributed by atoms with Crippen molar-refractivity contribution in [2.45, 2.75) is 80.2 Å². The smallest absolute Gasteiger partial charge is 0.220 e. The van der Waals surface area contributed by atoms with Crippen LogP contribution in [-0.2, 0) is 4.79 Å². The van der Waals surface area contributed by atoms with Crippen molar-refractivity contribution >= 4 is 17.4 Å². The molecule has 1 aromatic heterocycles. The van der Waals surface area contributed by atoms with E-state index in [1.54, 1.807) is 13.1 Å². The molecule has 0 saturated carbocycles. The van der Waals surface area contributed by atoms with Gasteiger partial charge in [0.05, 0.1) is 11.9 Å². The van der Waals surface area contributed by atoms with Crippen LogP contribution in [0.4, 0.5) is 15.9 Å². The second-order valence-corrected chi connectivity index (χ2v) is 10.6. The van der Waals surface area contributed by atoms with Gasteiger partial charge in [-0.25, -0.2) is 9.37 Å². The summed E-state index contributed by atoms with van der Waals surface area (Å²) in [5.41, 5.74) is 8.49. The number of aromatic nitrogens is 1. The Labute approximate surface area is 223 Å². The van der Waals surface area contributed by atoms with Gasteiger partial charge in [-0.3, -0.25) is 4.79 Å². The molecule has 0 fully saturated rings. The van der Waals surface area contributed by atoms with E-state index in [2.05, 4.69) is 46.3 Å². The fraction of sp³-hybridized carbons (Fsp3) is 0.586. The molecule has 0 aliphatic heterocycles. The van der Waals surface area contributed by atoms with Crippen molar-refractivity contribution in [3.8, 4) is 0 Å². The number of anilines is 2. The Morgan fingerprint density at radius 1 is 1.16 bits per heavy atom. The van der Waals surface area contributed by atoms with Crippen LogP contribution in [0, 0.1) is 5.41 Å². The highest BCUT2D eigenvalue weighted by Crippen LogP contribution is 2.22. The third-order valence-corrected chi connectivity index (χ3v) is 5.71. The SMILES string of the molecule is C=C(Nc1ccc(N(CCC)CCC)nc1)/C(=C\C(F)=C(/C)NCCNC(=O)CC(C)(C)C)C(N)CC. The summed E-state index contributed by atoms with van der Waals surface area (Å²) in [4.78, 5) is 18.8. The summed E-state index contributed by atoms with van der Waals surface area (Å²) < 4.78 is 15.0. The summed E-state index contributed by atoms with van der Waals surface area (Å²) in [6.45, 7) is 20.8. The van der Waals surface area contributed by atoms with Gasteiger partial charge >= 0.3 is 0 Å². The molecule has 8 heteroatoms. The minimum atomic E-state index is -0.425. The lowest BCUT2D eigenvalue weighted by atomic mass is 9.92. The maximum Gasteiger partial charge on any atom is 0.220 e. The number of nitrogens with zero attached hydrogens (tertiary/aromatic N) is 2. The molecule has 1 rings (SSSR count). The van der Waals surface area contributed by atoms with E-state index in [4.69, 9.17) is 5.73 Å². The first-order valence-electron chi connectivity index (χ1n) is 13.4.